The van der Waals surface area contributed by atoms with Crippen molar-refractivity contribution in [2.45, 2.75) is 39.7 Å². The molecule has 0 aromatic carbocycles. The van der Waals surface area contributed by atoms with Crippen molar-refractivity contribution in [3.8, 4) is 0 Å². The van der Waals surface area contributed by atoms with Crippen LogP contribution in [0.3, 0.4) is 0 Å². The van der Waals surface area contributed by atoms with Crippen LogP contribution < -0.4 is 5.73 Å². The molecule has 2 rings (SSSR count). The molecule has 5 heteroatoms. The summed E-state index contributed by atoms with van der Waals surface area (Å²) in [6.45, 7) is 5.13. The summed E-state index contributed by atoms with van der Waals surface area (Å²) in [7, 11) is 0. The van der Waals surface area contributed by atoms with Crippen molar-refractivity contribution in [1.29, 1.82) is 0 Å². The third-order valence-corrected chi connectivity index (χ3v) is 3.35. The number of unbranched alkanes of at least 4 members (excludes halogenated alkanes) is 1. The lowest BCUT2D eigenvalue weighted by Gasteiger charge is -2.05. The van der Waals surface area contributed by atoms with Crippen molar-refractivity contribution in [1.82, 2.24) is 14.5 Å². The minimum absolute atomic E-state index is 0.709. The highest BCUT2D eigenvalue weighted by atomic mass is 32.1. The molecule has 0 radical (unpaired) electrons. The van der Waals surface area contributed by atoms with Gasteiger partial charge < -0.3 is 15.3 Å². The molecule has 4 nitrogen and oxygen atoms in total. The number of rotatable bonds is 4. The molecule has 0 aliphatic carbocycles. The van der Waals surface area contributed by atoms with Crippen LogP contribution in [0.2, 0.25) is 0 Å². The summed E-state index contributed by atoms with van der Waals surface area (Å²) < 4.78 is 2.74. The van der Waals surface area contributed by atoms with Crippen LogP contribution in [0.4, 0.5) is 5.69 Å². The fourth-order valence-electron chi connectivity index (χ4n) is 1.96. The maximum absolute atomic E-state index is 6.11. The van der Waals surface area contributed by atoms with E-state index >= 15 is 0 Å². The summed E-state index contributed by atoms with van der Waals surface area (Å²) in [5, 5.41) is 0. The molecule has 0 bridgehead atoms. The molecule has 0 spiro atoms. The molecule has 0 fully saturated rings. The van der Waals surface area contributed by atoms with Crippen LogP contribution in [0, 0.1) is 4.77 Å². The molecule has 0 saturated heterocycles. The number of nitrogens with two attached hydrogens (primary N) is 1. The number of aromatic amines is 1. The van der Waals surface area contributed by atoms with Gasteiger partial charge in [-0.2, -0.15) is 0 Å². The first-order valence-corrected chi connectivity index (χ1v) is 6.45. The Kier molecular flexibility index (Phi) is 3.47. The van der Waals surface area contributed by atoms with Crippen molar-refractivity contribution in [2.75, 3.05) is 5.73 Å². The Bertz CT molecular complexity index is 582. The van der Waals surface area contributed by atoms with Crippen molar-refractivity contribution >= 4 is 29.1 Å². The van der Waals surface area contributed by atoms with Crippen molar-refractivity contribution in [3.05, 3.63) is 16.5 Å². The van der Waals surface area contributed by atoms with E-state index in [1.165, 1.54) is 0 Å². The summed E-state index contributed by atoms with van der Waals surface area (Å²) >= 11 is 5.32. The first kappa shape index (κ1) is 12.1. The second-order valence-corrected chi connectivity index (χ2v) is 4.57. The van der Waals surface area contributed by atoms with E-state index in [0.29, 0.717) is 4.77 Å². The van der Waals surface area contributed by atoms with Crippen LogP contribution in [-0.4, -0.2) is 14.5 Å². The molecular weight excluding hydrogens is 232 g/mol. The van der Waals surface area contributed by atoms with E-state index in [1.807, 2.05) is 10.8 Å². The molecule has 0 aliphatic rings. The maximum atomic E-state index is 6.11. The fraction of sp³-hybridized carbons (Fsp3) is 0.500. The highest BCUT2D eigenvalue weighted by molar-refractivity contribution is 7.71. The second kappa shape index (κ2) is 4.87. The molecule has 0 saturated carbocycles. The Morgan fingerprint density at radius 1 is 1.47 bits per heavy atom. The van der Waals surface area contributed by atoms with Gasteiger partial charge in [-0.25, -0.2) is 4.98 Å². The molecule has 0 unspecified atom stereocenters. The van der Waals surface area contributed by atoms with Gasteiger partial charge in [0.1, 0.15) is 5.52 Å². The summed E-state index contributed by atoms with van der Waals surface area (Å²) in [5.41, 5.74) is 9.71. The number of hydrogen-bond donors (Lipinski definition) is 2. The van der Waals surface area contributed by atoms with Gasteiger partial charge in [-0.3, -0.25) is 0 Å². The summed E-state index contributed by atoms with van der Waals surface area (Å²) in [5.74, 6) is 0. The van der Waals surface area contributed by atoms with Gasteiger partial charge in [-0.1, -0.05) is 20.3 Å². The zero-order chi connectivity index (χ0) is 12.4. The lowest BCUT2D eigenvalue weighted by molar-refractivity contribution is 0.635. The van der Waals surface area contributed by atoms with E-state index in [0.717, 1.165) is 48.2 Å². The molecule has 17 heavy (non-hydrogen) atoms. The molecule has 0 amide bonds. The number of imidazole rings is 1. The standard InChI is InChI=1S/C12H18N4S/c1-3-5-6-16-11-10(15-12(16)17)9(13)8(4-2)7-14-11/h7H,3-6H2,1-2H3,(H2,13,14)(H,15,17). The average molecular weight is 250 g/mol. The average Bonchev–Trinajstić information content (AvgIpc) is 2.64. The van der Waals surface area contributed by atoms with Gasteiger partial charge in [-0.15, -0.1) is 0 Å². The second-order valence-electron chi connectivity index (χ2n) is 4.18. The van der Waals surface area contributed by atoms with E-state index in [2.05, 4.69) is 23.8 Å². The zero-order valence-electron chi connectivity index (χ0n) is 10.3. The number of aromatic nitrogens is 3. The quantitative estimate of drug-likeness (QED) is 0.820. The molecule has 0 aliphatic heterocycles. The number of pyridine rings is 1. The van der Waals surface area contributed by atoms with Crippen LogP contribution >= 0.6 is 12.2 Å². The highest BCUT2D eigenvalue weighted by Gasteiger charge is 2.10. The summed E-state index contributed by atoms with van der Waals surface area (Å²) in [6, 6.07) is 0. The predicted molar refractivity (Wildman–Crippen MR) is 73.6 cm³/mol. The number of aryl methyl sites for hydroxylation is 2. The van der Waals surface area contributed by atoms with Crippen LogP contribution in [0.1, 0.15) is 32.3 Å². The van der Waals surface area contributed by atoms with Gasteiger partial charge >= 0.3 is 0 Å². The fourth-order valence-corrected chi connectivity index (χ4v) is 2.24. The first-order chi connectivity index (χ1) is 8.19. The third kappa shape index (κ3) is 2.07. The SMILES string of the molecule is CCCCn1c(=S)[nH]c2c(N)c(CC)cnc21. The van der Waals surface area contributed by atoms with Crippen LogP contribution in [0.25, 0.3) is 11.2 Å². The van der Waals surface area contributed by atoms with Crippen LogP contribution in [0.5, 0.6) is 0 Å². The Morgan fingerprint density at radius 2 is 2.24 bits per heavy atom. The van der Waals surface area contributed by atoms with E-state index < -0.39 is 0 Å². The zero-order valence-corrected chi connectivity index (χ0v) is 11.1. The first-order valence-electron chi connectivity index (χ1n) is 6.04. The van der Waals surface area contributed by atoms with Crippen molar-refractivity contribution in [3.63, 3.8) is 0 Å². The number of nitrogens with zero attached hydrogens (tertiary/aromatic N) is 2. The third-order valence-electron chi connectivity index (χ3n) is 3.03. The molecule has 0 atom stereocenters. The van der Waals surface area contributed by atoms with E-state index in [1.54, 1.807) is 0 Å². The lowest BCUT2D eigenvalue weighted by Crippen LogP contribution is -2.01. The molecular formula is C12H18N4S. The van der Waals surface area contributed by atoms with Gasteiger partial charge in [-0.05, 0) is 30.6 Å². The van der Waals surface area contributed by atoms with E-state index in [-0.39, 0.29) is 0 Å². The van der Waals surface area contributed by atoms with E-state index in [4.69, 9.17) is 18.0 Å². The summed E-state index contributed by atoms with van der Waals surface area (Å²) in [6.07, 6.45) is 4.97. The number of fused-ring (bicyclic) bond motifs is 1. The predicted octanol–water partition coefficient (Wildman–Crippen LogP) is 3.04. The summed E-state index contributed by atoms with van der Waals surface area (Å²) in [4.78, 5) is 7.64. The Morgan fingerprint density at radius 3 is 2.88 bits per heavy atom. The largest absolute Gasteiger partial charge is 0.397 e. The molecule has 92 valence electrons. The topological polar surface area (TPSA) is 59.6 Å². The number of nitrogen functional groups attached to an aromatic ring is 1. The maximum Gasteiger partial charge on any atom is 0.179 e. The van der Waals surface area contributed by atoms with Gasteiger partial charge in [0.25, 0.3) is 0 Å². The smallest absolute Gasteiger partial charge is 0.179 e. The van der Waals surface area contributed by atoms with Crippen LogP contribution in [0.15, 0.2) is 6.20 Å². The molecule has 2 heterocycles. The lowest BCUT2D eigenvalue weighted by atomic mass is 10.2. The highest BCUT2D eigenvalue weighted by Crippen LogP contribution is 2.22. The van der Waals surface area contributed by atoms with Gasteiger partial charge in [0, 0.05) is 12.7 Å². The van der Waals surface area contributed by atoms with E-state index in [9.17, 15) is 0 Å². The molecule has 2 aromatic heterocycles. The normalized spacial score (nSPS) is 11.2. The minimum Gasteiger partial charge on any atom is -0.397 e. The Balaban J connectivity index is 2.60. The number of hydrogen-bond acceptors (Lipinski definition) is 3. The monoisotopic (exact) mass is 250 g/mol. The minimum atomic E-state index is 0.709. The number of nitrogens with one attached hydrogen (secondary N) is 1. The number of anilines is 1. The number of H-pyrrole nitrogens is 1. The van der Waals surface area contributed by atoms with Gasteiger partial charge in [0.05, 0.1) is 5.69 Å². The van der Waals surface area contributed by atoms with Crippen LogP contribution in [-0.2, 0) is 13.0 Å². The molecule has 3 N–H and O–H groups in total. The van der Waals surface area contributed by atoms with Crippen molar-refractivity contribution < 1.29 is 0 Å². The molecule has 2 aromatic rings. The Hall–Kier alpha value is -1.36. The van der Waals surface area contributed by atoms with Gasteiger partial charge in [0.15, 0.2) is 10.4 Å². The van der Waals surface area contributed by atoms with Crippen molar-refractivity contribution in [2.24, 2.45) is 0 Å². The Labute approximate surface area is 106 Å². The van der Waals surface area contributed by atoms with Gasteiger partial charge in [0.2, 0.25) is 0 Å².